The number of benzene rings is 2. The van der Waals surface area contributed by atoms with Crippen LogP contribution >= 0.6 is 7.60 Å². The van der Waals surface area contributed by atoms with Crippen LogP contribution in [0.1, 0.15) is 97.6 Å². The van der Waals surface area contributed by atoms with Crippen LogP contribution in [0.2, 0.25) is 0 Å². The summed E-state index contributed by atoms with van der Waals surface area (Å²) in [6.07, 6.45) is 3.36. The molecule has 2 rings (SSSR count). The lowest BCUT2D eigenvalue weighted by Crippen LogP contribution is -2.17. The van der Waals surface area contributed by atoms with Gasteiger partial charge in [0.05, 0.1) is 6.16 Å². The smallest absolute Gasteiger partial charge is 0.416 e. The van der Waals surface area contributed by atoms with Crippen LogP contribution in [0.3, 0.4) is 0 Å². The molecule has 0 saturated carbocycles. The topological polar surface area (TPSA) is 35.5 Å². The number of para-hydroxylation sites is 1. The molecule has 0 N–H and O–H groups in total. The summed E-state index contributed by atoms with van der Waals surface area (Å²) >= 11 is 0. The van der Waals surface area contributed by atoms with E-state index in [4.69, 9.17) is 9.05 Å². The summed E-state index contributed by atoms with van der Waals surface area (Å²) in [4.78, 5) is 0. The van der Waals surface area contributed by atoms with Crippen molar-refractivity contribution in [3.63, 3.8) is 0 Å². The highest BCUT2D eigenvalue weighted by Crippen LogP contribution is 2.52. The molecule has 4 heteroatoms. The maximum absolute atomic E-state index is 14.2. The van der Waals surface area contributed by atoms with Crippen molar-refractivity contribution in [2.45, 2.75) is 86.5 Å². The van der Waals surface area contributed by atoms with Crippen LogP contribution in [0.4, 0.5) is 0 Å². The Morgan fingerprint density at radius 2 is 1.53 bits per heavy atom. The molecule has 2 aromatic rings. The molecule has 32 heavy (non-hydrogen) atoms. The summed E-state index contributed by atoms with van der Waals surface area (Å²) in [5.74, 6) is 2.24. The molecule has 4 unspecified atom stereocenters. The van der Waals surface area contributed by atoms with E-state index in [1.807, 2.05) is 36.4 Å². The van der Waals surface area contributed by atoms with E-state index in [2.05, 4.69) is 67.5 Å². The van der Waals surface area contributed by atoms with Crippen molar-refractivity contribution >= 4 is 7.60 Å². The van der Waals surface area contributed by atoms with Gasteiger partial charge in [0.15, 0.2) is 0 Å². The summed E-state index contributed by atoms with van der Waals surface area (Å²) in [7, 11) is -3.44. The number of hydrogen-bond donors (Lipinski definition) is 0. The largest absolute Gasteiger partial charge is 0.430 e. The maximum Gasteiger partial charge on any atom is 0.430 e. The van der Waals surface area contributed by atoms with Gasteiger partial charge in [-0.25, -0.2) is 4.57 Å². The van der Waals surface area contributed by atoms with Gasteiger partial charge in [-0.1, -0.05) is 85.7 Å². The molecular formula is C28H43O3P. The maximum atomic E-state index is 14.2. The fraction of sp³-hybridized carbons (Fsp3) is 0.571. The van der Waals surface area contributed by atoms with Gasteiger partial charge in [0.2, 0.25) is 0 Å². The molecule has 178 valence electrons. The van der Waals surface area contributed by atoms with Gasteiger partial charge in [0, 0.05) is 0 Å². The molecule has 3 nitrogen and oxygen atoms in total. The minimum atomic E-state index is -3.44. The lowest BCUT2D eigenvalue weighted by atomic mass is 9.86. The molecule has 4 atom stereocenters. The van der Waals surface area contributed by atoms with Crippen LogP contribution in [0, 0.1) is 11.3 Å². The number of hydrogen-bond acceptors (Lipinski definition) is 3. The van der Waals surface area contributed by atoms with Gasteiger partial charge in [-0.2, -0.15) is 0 Å². The van der Waals surface area contributed by atoms with Gasteiger partial charge in [-0.3, -0.25) is 0 Å². The molecule has 0 saturated heterocycles. The first-order valence-corrected chi connectivity index (χ1v) is 13.9. The first kappa shape index (κ1) is 26.5. The fourth-order valence-electron chi connectivity index (χ4n) is 4.20. The van der Waals surface area contributed by atoms with Crippen molar-refractivity contribution in [3.8, 4) is 11.5 Å². The minimum absolute atomic E-state index is 0.148. The van der Waals surface area contributed by atoms with E-state index in [-0.39, 0.29) is 11.3 Å². The molecule has 0 radical (unpaired) electrons. The zero-order chi connectivity index (χ0) is 23.9. The van der Waals surface area contributed by atoms with Crippen LogP contribution in [0.25, 0.3) is 0 Å². The van der Waals surface area contributed by atoms with Crippen molar-refractivity contribution in [1.82, 2.24) is 0 Å². The van der Waals surface area contributed by atoms with E-state index in [0.717, 1.165) is 24.8 Å². The lowest BCUT2D eigenvalue weighted by molar-refractivity contribution is 0.308. The summed E-state index contributed by atoms with van der Waals surface area (Å²) in [5.41, 5.74) is 2.42. The summed E-state index contributed by atoms with van der Waals surface area (Å²) in [6, 6.07) is 15.9. The molecule has 0 bridgehead atoms. The molecule has 0 fully saturated rings. The Morgan fingerprint density at radius 3 is 2.16 bits per heavy atom. The predicted molar refractivity (Wildman–Crippen MR) is 137 cm³/mol. The normalized spacial score (nSPS) is 16.6. The second-order valence-corrected chi connectivity index (χ2v) is 12.5. The van der Waals surface area contributed by atoms with E-state index < -0.39 is 7.60 Å². The first-order valence-electron chi connectivity index (χ1n) is 12.1. The zero-order valence-corrected chi connectivity index (χ0v) is 22.2. The molecule has 0 aliphatic heterocycles. The Kier molecular flexibility index (Phi) is 9.46. The number of rotatable bonds is 11. The van der Waals surface area contributed by atoms with Crippen molar-refractivity contribution < 1.29 is 13.6 Å². The standard InChI is InChI=1S/C28H43O3P/c1-9-22(4)24-14-13-15-25(18-24)30-32(29,20-21(3)19-28(6,7)8)31-27-17-12-11-16-26(27)23(5)10-2/h11-18,21-23H,9-10,19-20H2,1-8H3. The average molecular weight is 459 g/mol. The van der Waals surface area contributed by atoms with Gasteiger partial charge in [0.1, 0.15) is 11.5 Å². The fourth-order valence-corrected chi connectivity index (χ4v) is 6.18. The second kappa shape index (κ2) is 11.4. The van der Waals surface area contributed by atoms with Crippen molar-refractivity contribution in [2.75, 3.05) is 6.16 Å². The Morgan fingerprint density at radius 1 is 0.875 bits per heavy atom. The third-order valence-electron chi connectivity index (χ3n) is 6.08. The third-order valence-corrected chi connectivity index (χ3v) is 8.11. The lowest BCUT2D eigenvalue weighted by Gasteiger charge is -2.28. The van der Waals surface area contributed by atoms with E-state index in [9.17, 15) is 4.57 Å². The van der Waals surface area contributed by atoms with Crippen LogP contribution in [0.5, 0.6) is 11.5 Å². The van der Waals surface area contributed by atoms with E-state index >= 15 is 0 Å². The van der Waals surface area contributed by atoms with Gasteiger partial charge < -0.3 is 9.05 Å². The van der Waals surface area contributed by atoms with Gasteiger partial charge in [-0.05, 0) is 71.8 Å². The summed E-state index contributed by atoms with van der Waals surface area (Å²) in [6.45, 7) is 17.5. The van der Waals surface area contributed by atoms with Crippen molar-refractivity contribution in [3.05, 3.63) is 59.7 Å². The van der Waals surface area contributed by atoms with Crippen LogP contribution < -0.4 is 9.05 Å². The van der Waals surface area contributed by atoms with Gasteiger partial charge >= 0.3 is 7.60 Å². The molecule has 0 aromatic heterocycles. The minimum Gasteiger partial charge on any atom is -0.416 e. The Hall–Kier alpha value is -1.73. The van der Waals surface area contributed by atoms with Crippen LogP contribution in [-0.2, 0) is 4.57 Å². The molecule has 0 aliphatic rings. The zero-order valence-electron chi connectivity index (χ0n) is 21.4. The highest BCUT2D eigenvalue weighted by molar-refractivity contribution is 7.54. The molecular weight excluding hydrogens is 415 g/mol. The van der Waals surface area contributed by atoms with E-state index in [1.54, 1.807) is 0 Å². The van der Waals surface area contributed by atoms with Crippen LogP contribution in [0.15, 0.2) is 48.5 Å². The molecule has 0 amide bonds. The Bertz CT molecular complexity index is 900. The Labute approximate surface area is 196 Å². The van der Waals surface area contributed by atoms with Gasteiger partial charge in [0.25, 0.3) is 0 Å². The predicted octanol–water partition coefficient (Wildman–Crippen LogP) is 9.44. The Balaban J connectivity index is 2.39. The summed E-state index contributed by atoms with van der Waals surface area (Å²) < 4.78 is 26.8. The highest BCUT2D eigenvalue weighted by atomic mass is 31.2. The SMILES string of the molecule is CCC(C)c1cccc(OP(=O)(CC(C)CC(C)(C)C)Oc2ccccc2C(C)CC)c1. The summed E-state index contributed by atoms with van der Waals surface area (Å²) in [5, 5.41) is 0. The van der Waals surface area contributed by atoms with E-state index in [0.29, 0.717) is 29.5 Å². The van der Waals surface area contributed by atoms with Crippen molar-refractivity contribution in [2.24, 2.45) is 11.3 Å². The third kappa shape index (κ3) is 8.00. The quantitative estimate of drug-likeness (QED) is 0.315. The molecule has 0 aliphatic carbocycles. The monoisotopic (exact) mass is 458 g/mol. The highest BCUT2D eigenvalue weighted by Gasteiger charge is 2.33. The molecule has 0 heterocycles. The molecule has 0 spiro atoms. The van der Waals surface area contributed by atoms with E-state index in [1.165, 1.54) is 5.56 Å². The molecule has 2 aromatic carbocycles. The second-order valence-electron chi connectivity index (χ2n) is 10.6. The first-order chi connectivity index (χ1) is 15.0. The average Bonchev–Trinajstić information content (AvgIpc) is 2.71. The van der Waals surface area contributed by atoms with Gasteiger partial charge in [-0.15, -0.1) is 0 Å². The van der Waals surface area contributed by atoms with Crippen molar-refractivity contribution in [1.29, 1.82) is 0 Å². The van der Waals surface area contributed by atoms with Crippen LogP contribution in [-0.4, -0.2) is 6.16 Å².